The third kappa shape index (κ3) is 10.2. The van der Waals surface area contributed by atoms with Crippen LogP contribution in [0.3, 0.4) is 0 Å². The Balaban J connectivity index is 1.28. The number of methoxy groups -OCH3 is 1. The van der Waals surface area contributed by atoms with E-state index < -0.39 is 36.9 Å². The number of hydrogen-bond acceptors (Lipinski definition) is 9. The molecule has 1 amide bonds. The van der Waals surface area contributed by atoms with Crippen molar-refractivity contribution < 1.29 is 42.7 Å². The van der Waals surface area contributed by atoms with Gasteiger partial charge in [0.25, 0.3) is 0 Å². The van der Waals surface area contributed by atoms with Gasteiger partial charge >= 0.3 is 12.1 Å². The molecule has 0 N–H and O–H groups in total. The van der Waals surface area contributed by atoms with E-state index in [4.69, 9.17) is 33.2 Å². The fraction of sp³-hybridized carbons (Fsp3) is 0.512. The van der Waals surface area contributed by atoms with Gasteiger partial charge in [-0.1, -0.05) is 126 Å². The number of amides is 1. The SMILES string of the molecule is COC(=O)C1O[C@H](OCN(Cc2ccccc2)C(=O)OCc2ccccc2)C(C)[C@@H](O[C@@H]2OC(COCc3ccccc3)[C@H](C)[C@H](C)C2C)[C@H]1C. The lowest BCUT2D eigenvalue weighted by atomic mass is 9.78. The second-order valence-corrected chi connectivity index (χ2v) is 13.9. The standard InChI is InChI=1S/C41H53NO9/c1-27-28(2)35(25-46-23-33-18-12-8-13-19-33)49-40(29(27)3)50-36-30(4)37(38(43)45-6)51-39(31(36)5)48-26-42(22-32-16-10-7-11-17-32)41(44)47-24-34-20-14-9-15-21-34/h7-21,27-31,35-37,39-40H,22-26H2,1-6H3/t27-,28+,29?,30+,31?,35?,36-,37?,39-,40-/m0/s1. The Morgan fingerprint density at radius 1 is 0.667 bits per heavy atom. The lowest BCUT2D eigenvalue weighted by molar-refractivity contribution is -0.325. The van der Waals surface area contributed by atoms with Crippen LogP contribution in [0.15, 0.2) is 91.0 Å². The van der Waals surface area contributed by atoms with Crippen LogP contribution in [-0.2, 0) is 57.7 Å². The highest BCUT2D eigenvalue weighted by Gasteiger charge is 2.49. The highest BCUT2D eigenvalue weighted by atomic mass is 16.7. The molecule has 2 saturated heterocycles. The minimum atomic E-state index is -0.950. The van der Waals surface area contributed by atoms with E-state index in [1.165, 1.54) is 12.0 Å². The van der Waals surface area contributed by atoms with E-state index in [9.17, 15) is 9.59 Å². The molecule has 10 atom stereocenters. The molecule has 10 nitrogen and oxygen atoms in total. The van der Waals surface area contributed by atoms with E-state index in [1.807, 2.05) is 105 Å². The number of ether oxygens (including phenoxy) is 7. The van der Waals surface area contributed by atoms with E-state index in [-0.39, 0.29) is 55.6 Å². The van der Waals surface area contributed by atoms with Crippen LogP contribution >= 0.6 is 0 Å². The fourth-order valence-corrected chi connectivity index (χ4v) is 6.82. The molecule has 10 heteroatoms. The van der Waals surface area contributed by atoms with Gasteiger partial charge in [0, 0.05) is 17.8 Å². The average Bonchev–Trinajstić information content (AvgIpc) is 3.16. The Morgan fingerprint density at radius 3 is 1.86 bits per heavy atom. The zero-order chi connectivity index (χ0) is 36.3. The molecule has 51 heavy (non-hydrogen) atoms. The van der Waals surface area contributed by atoms with Crippen LogP contribution in [0.1, 0.15) is 51.3 Å². The molecule has 0 bridgehead atoms. The van der Waals surface area contributed by atoms with E-state index >= 15 is 0 Å². The maximum atomic E-state index is 13.4. The smallest absolute Gasteiger partial charge is 0.412 e. The quantitative estimate of drug-likeness (QED) is 0.127. The molecule has 2 aliphatic rings. The van der Waals surface area contributed by atoms with Gasteiger partial charge in [0.2, 0.25) is 0 Å². The van der Waals surface area contributed by atoms with Crippen molar-refractivity contribution in [2.45, 2.75) is 85.3 Å². The number of nitrogens with zero attached hydrogens (tertiary/aromatic N) is 1. The molecule has 0 spiro atoms. The van der Waals surface area contributed by atoms with Crippen molar-refractivity contribution in [3.05, 3.63) is 108 Å². The molecule has 0 saturated carbocycles. The van der Waals surface area contributed by atoms with Crippen LogP contribution in [0.25, 0.3) is 0 Å². The van der Waals surface area contributed by atoms with Gasteiger partial charge in [0.05, 0.1) is 39.1 Å². The average molecular weight is 704 g/mol. The Morgan fingerprint density at radius 2 is 1.25 bits per heavy atom. The Hall–Kier alpha value is -3.80. The molecule has 2 fully saturated rings. The number of hydrogen-bond donors (Lipinski definition) is 0. The normalized spacial score (nSPS) is 29.2. The molecule has 0 aromatic heterocycles. The zero-order valence-electron chi connectivity index (χ0n) is 30.6. The van der Waals surface area contributed by atoms with Gasteiger partial charge in [-0.3, -0.25) is 4.90 Å². The van der Waals surface area contributed by atoms with Gasteiger partial charge in [-0.15, -0.1) is 0 Å². The van der Waals surface area contributed by atoms with E-state index in [2.05, 4.69) is 20.8 Å². The van der Waals surface area contributed by atoms with Crippen LogP contribution in [0.5, 0.6) is 0 Å². The maximum Gasteiger partial charge on any atom is 0.412 e. The van der Waals surface area contributed by atoms with E-state index in [1.54, 1.807) is 0 Å². The van der Waals surface area contributed by atoms with Crippen LogP contribution in [0.4, 0.5) is 4.79 Å². The predicted molar refractivity (Wildman–Crippen MR) is 191 cm³/mol. The minimum absolute atomic E-state index is 0.0734. The van der Waals surface area contributed by atoms with Gasteiger partial charge in [-0.05, 0) is 28.5 Å². The molecule has 4 unspecified atom stereocenters. The lowest BCUT2D eigenvalue weighted by Crippen LogP contribution is -2.57. The van der Waals surface area contributed by atoms with Crippen LogP contribution in [0.2, 0.25) is 0 Å². The maximum absolute atomic E-state index is 13.4. The second-order valence-electron chi connectivity index (χ2n) is 13.9. The highest BCUT2D eigenvalue weighted by molar-refractivity contribution is 5.75. The summed E-state index contributed by atoms with van der Waals surface area (Å²) in [7, 11) is 1.34. The molecular weight excluding hydrogens is 650 g/mol. The summed E-state index contributed by atoms with van der Waals surface area (Å²) >= 11 is 0. The predicted octanol–water partition coefficient (Wildman–Crippen LogP) is 7.20. The van der Waals surface area contributed by atoms with E-state index in [0.717, 1.165) is 16.7 Å². The van der Waals surface area contributed by atoms with Gasteiger partial charge < -0.3 is 33.2 Å². The van der Waals surface area contributed by atoms with Crippen LogP contribution in [-0.4, -0.2) is 68.3 Å². The third-order valence-corrected chi connectivity index (χ3v) is 10.4. The third-order valence-electron chi connectivity index (χ3n) is 10.4. The van der Waals surface area contributed by atoms with Gasteiger partial charge in [-0.2, -0.15) is 0 Å². The molecular formula is C41H53NO9. The first-order valence-electron chi connectivity index (χ1n) is 17.9. The van der Waals surface area contributed by atoms with Crippen LogP contribution in [0, 0.1) is 29.6 Å². The number of carbonyl (C=O) groups excluding carboxylic acids is 2. The topological polar surface area (TPSA) is 102 Å². The first-order valence-corrected chi connectivity index (χ1v) is 17.9. The van der Waals surface area contributed by atoms with Crippen molar-refractivity contribution >= 4 is 12.1 Å². The first kappa shape index (κ1) is 38.4. The zero-order valence-corrected chi connectivity index (χ0v) is 30.6. The summed E-state index contributed by atoms with van der Waals surface area (Å²) in [5, 5.41) is 0. The minimum Gasteiger partial charge on any atom is -0.467 e. The monoisotopic (exact) mass is 703 g/mol. The molecule has 2 heterocycles. The number of carbonyl (C=O) groups is 2. The van der Waals surface area contributed by atoms with Gasteiger partial charge in [0.1, 0.15) is 13.3 Å². The molecule has 3 aromatic carbocycles. The molecule has 276 valence electrons. The molecule has 5 rings (SSSR count). The van der Waals surface area contributed by atoms with Gasteiger partial charge in [0.15, 0.2) is 18.7 Å². The van der Waals surface area contributed by atoms with Crippen LogP contribution < -0.4 is 0 Å². The Kier molecular flexibility index (Phi) is 14.0. The molecule has 0 radical (unpaired) electrons. The summed E-state index contributed by atoms with van der Waals surface area (Å²) in [6.45, 7) is 11.6. The molecule has 2 aliphatic heterocycles. The molecule has 3 aromatic rings. The first-order chi connectivity index (χ1) is 24.7. The number of esters is 1. The van der Waals surface area contributed by atoms with Crippen molar-refractivity contribution in [1.82, 2.24) is 4.90 Å². The van der Waals surface area contributed by atoms with Gasteiger partial charge in [-0.25, -0.2) is 9.59 Å². The summed E-state index contributed by atoms with van der Waals surface area (Å²) in [5.74, 6) is -0.622. The summed E-state index contributed by atoms with van der Waals surface area (Å²) in [4.78, 5) is 27.9. The highest BCUT2D eigenvalue weighted by Crippen LogP contribution is 2.40. The number of benzene rings is 3. The summed E-state index contributed by atoms with van der Waals surface area (Å²) in [6.07, 6.45) is -3.59. The van der Waals surface area contributed by atoms with E-state index in [0.29, 0.717) is 13.2 Å². The summed E-state index contributed by atoms with van der Waals surface area (Å²) < 4.78 is 43.0. The summed E-state index contributed by atoms with van der Waals surface area (Å²) in [6, 6.07) is 29.2. The largest absolute Gasteiger partial charge is 0.467 e. The Labute approximate surface area is 302 Å². The fourth-order valence-electron chi connectivity index (χ4n) is 6.82. The second kappa shape index (κ2) is 18.6. The van der Waals surface area contributed by atoms with Crippen molar-refractivity contribution in [2.24, 2.45) is 29.6 Å². The van der Waals surface area contributed by atoms with Crippen molar-refractivity contribution in [3.8, 4) is 0 Å². The van der Waals surface area contributed by atoms with Crippen molar-refractivity contribution in [2.75, 3.05) is 20.4 Å². The summed E-state index contributed by atoms with van der Waals surface area (Å²) in [5.41, 5.74) is 2.89. The Bertz CT molecular complexity index is 1490. The van der Waals surface area contributed by atoms with Crippen molar-refractivity contribution in [1.29, 1.82) is 0 Å². The lowest BCUT2D eigenvalue weighted by Gasteiger charge is -2.48. The number of rotatable bonds is 14. The molecule has 0 aliphatic carbocycles. The van der Waals surface area contributed by atoms with Crippen molar-refractivity contribution in [3.63, 3.8) is 0 Å².